The monoisotopic (exact) mass is 343 g/mol. The molecule has 0 saturated carbocycles. The van der Waals surface area contributed by atoms with E-state index in [0.29, 0.717) is 0 Å². The fourth-order valence-corrected chi connectivity index (χ4v) is 3.87. The molecule has 26 heavy (non-hydrogen) atoms. The van der Waals surface area contributed by atoms with Gasteiger partial charge in [0.05, 0.1) is 18.6 Å². The Kier molecular flexibility index (Phi) is 4.00. The zero-order valence-electron chi connectivity index (χ0n) is 14.9. The van der Waals surface area contributed by atoms with Crippen molar-refractivity contribution in [3.63, 3.8) is 0 Å². The first-order valence-electron chi connectivity index (χ1n) is 8.74. The highest BCUT2D eigenvalue weighted by Gasteiger charge is 2.59. The Morgan fingerprint density at radius 2 is 1.42 bits per heavy atom. The largest absolute Gasteiger partial charge is 0.497 e. The molecule has 1 heterocycles. The van der Waals surface area contributed by atoms with E-state index in [1.807, 2.05) is 96.8 Å². The third-order valence-electron chi connectivity index (χ3n) is 5.31. The third kappa shape index (κ3) is 2.39. The van der Waals surface area contributed by atoms with Crippen LogP contribution in [-0.4, -0.2) is 13.0 Å². The third-order valence-corrected chi connectivity index (χ3v) is 5.31. The highest BCUT2D eigenvalue weighted by atomic mass is 16.5. The zero-order chi connectivity index (χ0) is 18.1. The molecule has 1 aliphatic heterocycles. The molecule has 1 saturated heterocycles. The summed E-state index contributed by atoms with van der Waals surface area (Å²) in [6.45, 7) is 2.04. The second-order valence-electron chi connectivity index (χ2n) is 6.75. The number of rotatable bonds is 4. The van der Waals surface area contributed by atoms with Crippen LogP contribution in [0.5, 0.6) is 5.75 Å². The van der Waals surface area contributed by atoms with E-state index in [9.17, 15) is 4.79 Å². The molecule has 0 aliphatic carbocycles. The molecule has 1 aliphatic rings. The van der Waals surface area contributed by atoms with Crippen LogP contribution in [0, 0.1) is 0 Å². The molecule has 0 radical (unpaired) electrons. The number of benzene rings is 3. The van der Waals surface area contributed by atoms with E-state index in [0.717, 1.165) is 22.6 Å². The minimum absolute atomic E-state index is 0.0642. The van der Waals surface area contributed by atoms with E-state index in [1.54, 1.807) is 7.11 Å². The van der Waals surface area contributed by atoms with Crippen molar-refractivity contribution < 1.29 is 9.53 Å². The molecular formula is C23H21NO2. The van der Waals surface area contributed by atoms with E-state index >= 15 is 0 Å². The molecule has 0 bridgehead atoms. The number of nitrogens with zero attached hydrogens (tertiary/aromatic N) is 1. The molecule has 0 aromatic heterocycles. The lowest BCUT2D eigenvalue weighted by Crippen LogP contribution is -2.65. The first-order chi connectivity index (χ1) is 12.7. The Morgan fingerprint density at radius 3 is 2.00 bits per heavy atom. The Balaban J connectivity index is 1.83. The van der Waals surface area contributed by atoms with Crippen molar-refractivity contribution in [1.82, 2.24) is 0 Å². The van der Waals surface area contributed by atoms with Gasteiger partial charge in [-0.15, -0.1) is 0 Å². The van der Waals surface area contributed by atoms with Crippen molar-refractivity contribution in [3.8, 4) is 5.75 Å². The van der Waals surface area contributed by atoms with Crippen LogP contribution in [0.2, 0.25) is 0 Å². The van der Waals surface area contributed by atoms with Crippen LogP contribution in [-0.2, 0) is 10.2 Å². The van der Waals surface area contributed by atoms with Gasteiger partial charge in [0.2, 0.25) is 5.91 Å². The molecule has 1 amide bonds. The molecule has 1 fully saturated rings. The predicted octanol–water partition coefficient (Wildman–Crippen LogP) is 4.74. The molecule has 3 heteroatoms. The molecule has 0 unspecified atom stereocenters. The molecule has 4 rings (SSSR count). The number of methoxy groups -OCH3 is 1. The topological polar surface area (TPSA) is 29.5 Å². The summed E-state index contributed by atoms with van der Waals surface area (Å²) in [7, 11) is 1.66. The number of β-lactam (4-membered cyclic amide) rings is 1. The minimum atomic E-state index is -0.592. The van der Waals surface area contributed by atoms with Gasteiger partial charge in [-0.1, -0.05) is 60.7 Å². The number of para-hydroxylation sites is 1. The summed E-state index contributed by atoms with van der Waals surface area (Å²) in [6, 6.07) is 27.8. The summed E-state index contributed by atoms with van der Waals surface area (Å²) in [4.78, 5) is 15.2. The Labute approximate surface area is 153 Å². The number of ether oxygens (including phenoxy) is 1. The summed E-state index contributed by atoms with van der Waals surface area (Å²) in [5.74, 6) is 0.933. The Bertz CT molecular complexity index is 906. The summed E-state index contributed by atoms with van der Waals surface area (Å²) < 4.78 is 5.29. The maximum absolute atomic E-state index is 13.3. The number of hydrogen-bond acceptors (Lipinski definition) is 2. The summed E-state index contributed by atoms with van der Waals surface area (Å²) in [5, 5.41) is 0. The average Bonchev–Trinajstić information content (AvgIpc) is 2.72. The van der Waals surface area contributed by atoms with Crippen LogP contribution in [0.15, 0.2) is 84.9 Å². The van der Waals surface area contributed by atoms with Crippen molar-refractivity contribution in [2.45, 2.75) is 18.4 Å². The van der Waals surface area contributed by atoms with Crippen molar-refractivity contribution in [2.24, 2.45) is 0 Å². The van der Waals surface area contributed by atoms with Gasteiger partial charge in [0.1, 0.15) is 5.75 Å². The quantitative estimate of drug-likeness (QED) is 0.640. The van der Waals surface area contributed by atoms with Gasteiger partial charge in [0.25, 0.3) is 0 Å². The average molecular weight is 343 g/mol. The van der Waals surface area contributed by atoms with Crippen LogP contribution in [0.25, 0.3) is 0 Å². The van der Waals surface area contributed by atoms with Gasteiger partial charge >= 0.3 is 0 Å². The van der Waals surface area contributed by atoms with E-state index in [1.165, 1.54) is 0 Å². The van der Waals surface area contributed by atoms with Crippen LogP contribution < -0.4 is 9.64 Å². The highest BCUT2D eigenvalue weighted by molar-refractivity contribution is 6.09. The molecule has 0 N–H and O–H groups in total. The second-order valence-corrected chi connectivity index (χ2v) is 6.75. The molecule has 2 atom stereocenters. The standard InChI is InChI=1S/C23H21NO2/c1-23(18-9-5-3-6-10-18)21(17-13-15-20(26-2)16-14-17)24(22(23)25)19-11-7-4-8-12-19/h3-16,21H,1-2H3/t21-,23-/m1/s1. The van der Waals surface area contributed by atoms with Gasteiger partial charge in [0.15, 0.2) is 0 Å². The fraction of sp³-hybridized carbons (Fsp3) is 0.174. The molecule has 0 spiro atoms. The Hall–Kier alpha value is -3.07. The van der Waals surface area contributed by atoms with Crippen LogP contribution in [0.4, 0.5) is 5.69 Å². The van der Waals surface area contributed by atoms with Crippen molar-refractivity contribution in [2.75, 3.05) is 12.0 Å². The first-order valence-corrected chi connectivity index (χ1v) is 8.74. The van der Waals surface area contributed by atoms with Crippen molar-refractivity contribution in [3.05, 3.63) is 96.1 Å². The van der Waals surface area contributed by atoms with Gasteiger partial charge in [0, 0.05) is 5.69 Å². The molecular weight excluding hydrogens is 322 g/mol. The van der Waals surface area contributed by atoms with E-state index < -0.39 is 5.41 Å². The van der Waals surface area contributed by atoms with Crippen LogP contribution in [0.1, 0.15) is 24.1 Å². The van der Waals surface area contributed by atoms with Gasteiger partial charge in [-0.05, 0) is 42.3 Å². The number of amides is 1. The van der Waals surface area contributed by atoms with Gasteiger partial charge in [-0.3, -0.25) is 4.79 Å². The van der Waals surface area contributed by atoms with Crippen LogP contribution >= 0.6 is 0 Å². The number of hydrogen-bond donors (Lipinski definition) is 0. The number of carbonyl (C=O) groups excluding carboxylic acids is 1. The first kappa shape index (κ1) is 16.4. The molecule has 3 nitrogen and oxygen atoms in total. The Morgan fingerprint density at radius 1 is 0.846 bits per heavy atom. The zero-order valence-corrected chi connectivity index (χ0v) is 14.9. The molecule has 3 aromatic rings. The molecule has 3 aromatic carbocycles. The maximum atomic E-state index is 13.3. The number of carbonyl (C=O) groups is 1. The maximum Gasteiger partial charge on any atom is 0.240 e. The lowest BCUT2D eigenvalue weighted by Gasteiger charge is -2.55. The summed E-state index contributed by atoms with van der Waals surface area (Å²) in [5.41, 5.74) is 2.47. The normalized spacial score (nSPS) is 22.0. The smallest absolute Gasteiger partial charge is 0.240 e. The lowest BCUT2D eigenvalue weighted by atomic mass is 9.64. The van der Waals surface area contributed by atoms with Gasteiger partial charge < -0.3 is 9.64 Å². The minimum Gasteiger partial charge on any atom is -0.497 e. The van der Waals surface area contributed by atoms with Crippen molar-refractivity contribution in [1.29, 1.82) is 0 Å². The van der Waals surface area contributed by atoms with Gasteiger partial charge in [-0.2, -0.15) is 0 Å². The van der Waals surface area contributed by atoms with Crippen LogP contribution in [0.3, 0.4) is 0 Å². The SMILES string of the molecule is COc1ccc([C@H]2N(c3ccccc3)C(=O)[C@]2(C)c2ccccc2)cc1. The van der Waals surface area contributed by atoms with E-state index in [4.69, 9.17) is 4.74 Å². The summed E-state index contributed by atoms with van der Waals surface area (Å²) in [6.07, 6.45) is 0. The van der Waals surface area contributed by atoms with Crippen molar-refractivity contribution >= 4 is 11.6 Å². The fourth-order valence-electron chi connectivity index (χ4n) is 3.87. The molecule has 130 valence electrons. The van der Waals surface area contributed by atoms with E-state index in [-0.39, 0.29) is 11.9 Å². The number of anilines is 1. The summed E-state index contributed by atoms with van der Waals surface area (Å²) >= 11 is 0. The van der Waals surface area contributed by atoms with Gasteiger partial charge in [-0.25, -0.2) is 0 Å². The highest BCUT2D eigenvalue weighted by Crippen LogP contribution is 2.53. The lowest BCUT2D eigenvalue weighted by molar-refractivity contribution is -0.132. The van der Waals surface area contributed by atoms with E-state index in [2.05, 4.69) is 0 Å². The second kappa shape index (κ2) is 6.34. The predicted molar refractivity (Wildman–Crippen MR) is 103 cm³/mol.